The third kappa shape index (κ3) is 3.11. The van der Waals surface area contributed by atoms with Crippen LogP contribution in [0.15, 0.2) is 28.8 Å². The van der Waals surface area contributed by atoms with Gasteiger partial charge in [0.1, 0.15) is 17.6 Å². The number of hydrogen-bond donors (Lipinski definition) is 0. The molecule has 0 radical (unpaired) electrons. The van der Waals surface area contributed by atoms with Gasteiger partial charge in [0.05, 0.1) is 23.3 Å². The molecule has 1 unspecified atom stereocenters. The smallest absolute Gasteiger partial charge is 0.245 e. The van der Waals surface area contributed by atoms with Gasteiger partial charge in [-0.2, -0.15) is 0 Å². The zero-order valence-electron chi connectivity index (χ0n) is 16.1. The molecule has 138 valence electrons. The van der Waals surface area contributed by atoms with Crippen molar-refractivity contribution in [2.24, 2.45) is 0 Å². The molecule has 6 nitrogen and oxygen atoms in total. The topological polar surface area (TPSA) is 64.2 Å². The first-order chi connectivity index (χ1) is 12.5. The van der Waals surface area contributed by atoms with E-state index in [4.69, 9.17) is 9.51 Å². The van der Waals surface area contributed by atoms with Crippen LogP contribution in [-0.4, -0.2) is 32.6 Å². The Morgan fingerprint density at radius 3 is 2.62 bits per heavy atom. The van der Waals surface area contributed by atoms with Gasteiger partial charge >= 0.3 is 0 Å². The summed E-state index contributed by atoms with van der Waals surface area (Å²) < 4.78 is 7.32. The Balaban J connectivity index is 1.95. The van der Waals surface area contributed by atoms with Gasteiger partial charge < -0.3 is 14.0 Å². The summed E-state index contributed by atoms with van der Waals surface area (Å²) in [6.07, 6.45) is 1.49. The monoisotopic (exact) mass is 354 g/mol. The van der Waals surface area contributed by atoms with Crippen LogP contribution in [0.5, 0.6) is 0 Å². The minimum Gasteiger partial charge on any atom is -0.361 e. The van der Waals surface area contributed by atoms with Crippen LogP contribution in [0.25, 0.3) is 11.0 Å². The number of hydrogen-bond acceptors (Lipinski definition) is 4. The van der Waals surface area contributed by atoms with Crippen molar-refractivity contribution in [3.8, 4) is 0 Å². The molecule has 0 aliphatic heterocycles. The molecule has 1 atom stereocenters. The molecule has 0 aliphatic rings. The standard InChI is InChI=1S/C20H26N4O2/c1-6-17(20(25)23(5)12-15-13(3)22-26-14(15)4)24-18-11-9-8-10-16(18)21-19(24)7-2/h8-11,17H,6-7,12H2,1-5H3. The van der Waals surface area contributed by atoms with Crippen LogP contribution < -0.4 is 0 Å². The van der Waals surface area contributed by atoms with E-state index >= 15 is 0 Å². The van der Waals surface area contributed by atoms with E-state index in [1.165, 1.54) is 0 Å². The second-order valence-electron chi connectivity index (χ2n) is 6.66. The first kappa shape index (κ1) is 18.2. The van der Waals surface area contributed by atoms with E-state index in [-0.39, 0.29) is 11.9 Å². The SMILES string of the molecule is CCc1nc2ccccc2n1C(CC)C(=O)N(C)Cc1c(C)noc1C. The molecule has 2 aromatic heterocycles. The molecule has 0 aliphatic carbocycles. The molecule has 6 heteroatoms. The van der Waals surface area contributed by atoms with Gasteiger partial charge in [-0.25, -0.2) is 4.98 Å². The highest BCUT2D eigenvalue weighted by Crippen LogP contribution is 2.26. The van der Waals surface area contributed by atoms with Gasteiger partial charge in [0.15, 0.2) is 0 Å². The Hall–Kier alpha value is -2.63. The van der Waals surface area contributed by atoms with E-state index in [2.05, 4.69) is 16.6 Å². The second-order valence-corrected chi connectivity index (χ2v) is 6.66. The number of fused-ring (bicyclic) bond motifs is 1. The average molecular weight is 354 g/mol. The molecule has 0 saturated heterocycles. The summed E-state index contributed by atoms with van der Waals surface area (Å²) in [5, 5.41) is 3.98. The summed E-state index contributed by atoms with van der Waals surface area (Å²) in [4.78, 5) is 19.7. The summed E-state index contributed by atoms with van der Waals surface area (Å²) in [6, 6.07) is 7.72. The van der Waals surface area contributed by atoms with Crippen molar-refractivity contribution in [1.82, 2.24) is 19.6 Å². The number of rotatable bonds is 6. The van der Waals surface area contributed by atoms with Crippen LogP contribution in [0.2, 0.25) is 0 Å². The molecule has 0 bridgehead atoms. The fourth-order valence-corrected chi connectivity index (χ4v) is 3.46. The Labute approximate surface area is 153 Å². The minimum absolute atomic E-state index is 0.0744. The maximum absolute atomic E-state index is 13.3. The molecule has 0 saturated carbocycles. The second kappa shape index (κ2) is 7.32. The predicted octanol–water partition coefficient (Wildman–Crippen LogP) is 3.81. The molecule has 0 spiro atoms. The van der Waals surface area contributed by atoms with Gasteiger partial charge in [-0.1, -0.05) is 31.1 Å². The fourth-order valence-electron chi connectivity index (χ4n) is 3.46. The molecular weight excluding hydrogens is 328 g/mol. The molecule has 3 rings (SSSR count). The zero-order valence-corrected chi connectivity index (χ0v) is 16.1. The Kier molecular flexibility index (Phi) is 5.11. The van der Waals surface area contributed by atoms with Crippen molar-refractivity contribution in [2.45, 2.75) is 53.1 Å². The largest absolute Gasteiger partial charge is 0.361 e. The van der Waals surface area contributed by atoms with E-state index in [0.717, 1.165) is 40.3 Å². The van der Waals surface area contributed by atoms with Gasteiger partial charge in [-0.3, -0.25) is 4.79 Å². The number of para-hydroxylation sites is 2. The maximum atomic E-state index is 13.3. The van der Waals surface area contributed by atoms with Crippen molar-refractivity contribution in [2.75, 3.05) is 7.05 Å². The lowest BCUT2D eigenvalue weighted by Gasteiger charge is -2.25. The Morgan fingerprint density at radius 1 is 1.27 bits per heavy atom. The normalized spacial score (nSPS) is 12.5. The van der Waals surface area contributed by atoms with Crippen LogP contribution in [-0.2, 0) is 17.8 Å². The van der Waals surface area contributed by atoms with E-state index in [9.17, 15) is 4.79 Å². The number of aromatic nitrogens is 3. The van der Waals surface area contributed by atoms with E-state index in [0.29, 0.717) is 13.0 Å². The van der Waals surface area contributed by atoms with Crippen molar-refractivity contribution in [1.29, 1.82) is 0 Å². The van der Waals surface area contributed by atoms with Crippen LogP contribution in [0.1, 0.15) is 49.2 Å². The predicted molar refractivity (Wildman–Crippen MR) is 101 cm³/mol. The summed E-state index contributed by atoms with van der Waals surface area (Å²) >= 11 is 0. The maximum Gasteiger partial charge on any atom is 0.245 e. The molecular formula is C20H26N4O2. The number of aryl methyl sites for hydroxylation is 3. The number of carbonyl (C=O) groups is 1. The highest BCUT2D eigenvalue weighted by molar-refractivity contribution is 5.84. The van der Waals surface area contributed by atoms with Crippen molar-refractivity contribution >= 4 is 16.9 Å². The van der Waals surface area contributed by atoms with Crippen LogP contribution in [0.4, 0.5) is 0 Å². The van der Waals surface area contributed by atoms with E-state index in [1.54, 1.807) is 4.90 Å². The number of amides is 1. The number of likely N-dealkylation sites (N-methyl/N-ethyl adjacent to an activating group) is 1. The zero-order chi connectivity index (χ0) is 18.8. The number of carbonyl (C=O) groups excluding carboxylic acids is 1. The van der Waals surface area contributed by atoms with Gasteiger partial charge in [0.2, 0.25) is 5.91 Å². The van der Waals surface area contributed by atoms with Crippen LogP contribution >= 0.6 is 0 Å². The summed E-state index contributed by atoms with van der Waals surface area (Å²) in [6.45, 7) is 8.39. The van der Waals surface area contributed by atoms with Gasteiger partial charge in [-0.15, -0.1) is 0 Å². The minimum atomic E-state index is -0.275. The Morgan fingerprint density at radius 2 is 2.00 bits per heavy atom. The molecule has 3 aromatic rings. The first-order valence-corrected chi connectivity index (χ1v) is 9.10. The molecule has 1 amide bonds. The summed E-state index contributed by atoms with van der Waals surface area (Å²) in [7, 11) is 1.83. The fraction of sp³-hybridized carbons (Fsp3) is 0.450. The van der Waals surface area contributed by atoms with Crippen LogP contribution in [0.3, 0.4) is 0 Å². The van der Waals surface area contributed by atoms with Crippen LogP contribution in [0, 0.1) is 13.8 Å². The number of benzene rings is 1. The lowest BCUT2D eigenvalue weighted by Crippen LogP contribution is -2.34. The average Bonchev–Trinajstić information content (AvgIpc) is 3.17. The molecule has 0 fully saturated rings. The van der Waals surface area contributed by atoms with Crippen molar-refractivity contribution in [3.63, 3.8) is 0 Å². The highest BCUT2D eigenvalue weighted by Gasteiger charge is 2.27. The third-order valence-electron chi connectivity index (χ3n) is 4.92. The number of nitrogens with zero attached hydrogens (tertiary/aromatic N) is 4. The molecule has 26 heavy (non-hydrogen) atoms. The lowest BCUT2D eigenvalue weighted by atomic mass is 10.1. The first-order valence-electron chi connectivity index (χ1n) is 9.10. The van der Waals surface area contributed by atoms with Crippen molar-refractivity contribution in [3.05, 3.63) is 47.1 Å². The van der Waals surface area contributed by atoms with Gasteiger partial charge in [-0.05, 0) is 32.4 Å². The Bertz CT molecular complexity index is 906. The van der Waals surface area contributed by atoms with E-state index < -0.39 is 0 Å². The highest BCUT2D eigenvalue weighted by atomic mass is 16.5. The molecule has 0 N–H and O–H groups in total. The third-order valence-corrected chi connectivity index (χ3v) is 4.92. The van der Waals surface area contributed by atoms with Gasteiger partial charge in [0, 0.05) is 19.0 Å². The van der Waals surface area contributed by atoms with Crippen molar-refractivity contribution < 1.29 is 9.32 Å². The van der Waals surface area contributed by atoms with E-state index in [1.807, 2.05) is 52.1 Å². The molecule has 1 aromatic carbocycles. The quantitative estimate of drug-likeness (QED) is 0.675. The van der Waals surface area contributed by atoms with Gasteiger partial charge in [0.25, 0.3) is 0 Å². The summed E-state index contributed by atoms with van der Waals surface area (Å²) in [5.41, 5.74) is 3.75. The summed E-state index contributed by atoms with van der Waals surface area (Å²) in [5.74, 6) is 1.78. The lowest BCUT2D eigenvalue weighted by molar-refractivity contribution is -0.134. The molecule has 2 heterocycles. The number of imidazole rings is 1.